The fraction of sp³-hybridized carbons (Fsp3) is 0.0769. The summed E-state index contributed by atoms with van der Waals surface area (Å²) in [5, 5.41) is 0.653. The van der Waals surface area contributed by atoms with Gasteiger partial charge in [-0.3, -0.25) is 0 Å². The molecular formula is C13H11N3OS. The molecule has 0 fully saturated rings. The first-order valence-corrected chi connectivity index (χ1v) is 6.49. The maximum Gasteiger partial charge on any atom is 0.257 e. The number of nitrogens with two attached hydrogens (primary N) is 1. The Balaban J connectivity index is 1.76. The number of nitrogens with zero attached hydrogens (tertiary/aromatic N) is 2. The van der Waals surface area contributed by atoms with Crippen molar-refractivity contribution >= 4 is 28.7 Å². The fourth-order valence-electron chi connectivity index (χ4n) is 1.63. The molecule has 2 N–H and O–H groups in total. The Bertz CT molecular complexity index is 648. The van der Waals surface area contributed by atoms with E-state index in [2.05, 4.69) is 9.97 Å². The van der Waals surface area contributed by atoms with E-state index < -0.39 is 0 Å². The molecule has 0 spiro atoms. The number of para-hydroxylation sites is 2. The van der Waals surface area contributed by atoms with Gasteiger partial charge < -0.3 is 10.2 Å². The van der Waals surface area contributed by atoms with Crippen molar-refractivity contribution in [2.75, 3.05) is 5.73 Å². The van der Waals surface area contributed by atoms with Gasteiger partial charge in [-0.1, -0.05) is 30.0 Å². The molecule has 2 heterocycles. The first kappa shape index (κ1) is 11.1. The van der Waals surface area contributed by atoms with Crippen LogP contribution in [0, 0.1) is 0 Å². The average molecular weight is 257 g/mol. The summed E-state index contributed by atoms with van der Waals surface area (Å²) < 4.78 is 5.61. The Morgan fingerprint density at radius 1 is 1.06 bits per heavy atom. The number of benzene rings is 1. The Morgan fingerprint density at radius 3 is 2.78 bits per heavy atom. The highest BCUT2D eigenvalue weighted by Gasteiger charge is 2.06. The van der Waals surface area contributed by atoms with Gasteiger partial charge in [0.2, 0.25) is 0 Å². The third-order valence-corrected chi connectivity index (χ3v) is 3.31. The first-order chi connectivity index (χ1) is 8.81. The molecule has 0 amide bonds. The molecule has 0 atom stereocenters. The fourth-order valence-corrected chi connectivity index (χ4v) is 2.37. The highest BCUT2D eigenvalue weighted by molar-refractivity contribution is 7.98. The topological polar surface area (TPSA) is 64.9 Å². The Labute approximate surface area is 108 Å². The number of pyridine rings is 1. The maximum absolute atomic E-state index is 5.63. The quantitative estimate of drug-likeness (QED) is 0.730. The van der Waals surface area contributed by atoms with Crippen LogP contribution in [0.3, 0.4) is 0 Å². The summed E-state index contributed by atoms with van der Waals surface area (Å²) in [7, 11) is 0. The van der Waals surface area contributed by atoms with Crippen molar-refractivity contribution in [2.24, 2.45) is 0 Å². The van der Waals surface area contributed by atoms with Crippen LogP contribution >= 0.6 is 11.8 Å². The summed E-state index contributed by atoms with van der Waals surface area (Å²) >= 11 is 1.51. The third kappa shape index (κ3) is 2.31. The van der Waals surface area contributed by atoms with Crippen molar-refractivity contribution in [3.05, 3.63) is 48.2 Å². The smallest absolute Gasteiger partial charge is 0.257 e. The van der Waals surface area contributed by atoms with Crippen LogP contribution in [0.4, 0.5) is 5.82 Å². The largest absolute Gasteiger partial charge is 0.431 e. The molecule has 1 aromatic carbocycles. The number of thioether (sulfide) groups is 1. The molecule has 0 bridgehead atoms. The minimum absolute atomic E-state index is 0.533. The van der Waals surface area contributed by atoms with Gasteiger partial charge in [-0.15, -0.1) is 0 Å². The van der Waals surface area contributed by atoms with E-state index >= 15 is 0 Å². The third-order valence-electron chi connectivity index (χ3n) is 2.45. The van der Waals surface area contributed by atoms with Crippen LogP contribution in [-0.4, -0.2) is 9.97 Å². The molecule has 18 heavy (non-hydrogen) atoms. The van der Waals surface area contributed by atoms with Crippen LogP contribution in [0.5, 0.6) is 0 Å². The van der Waals surface area contributed by atoms with Crippen LogP contribution in [0.1, 0.15) is 5.69 Å². The number of fused-ring (bicyclic) bond motifs is 1. The van der Waals surface area contributed by atoms with E-state index in [1.807, 2.05) is 36.4 Å². The van der Waals surface area contributed by atoms with Gasteiger partial charge >= 0.3 is 0 Å². The average Bonchev–Trinajstić information content (AvgIpc) is 2.79. The molecule has 0 saturated carbocycles. The standard InChI is InChI=1S/C13H11N3OS/c14-12-7-3-4-9(15-12)8-18-13-16-10-5-1-2-6-11(10)17-13/h1-7H,8H2,(H2,14,15). The summed E-state index contributed by atoms with van der Waals surface area (Å²) in [4.78, 5) is 8.62. The summed E-state index contributed by atoms with van der Waals surface area (Å²) in [6, 6.07) is 13.3. The number of hydrogen-bond acceptors (Lipinski definition) is 5. The van der Waals surface area contributed by atoms with Gasteiger partial charge in [0.1, 0.15) is 11.3 Å². The summed E-state index contributed by atoms with van der Waals surface area (Å²) in [6.45, 7) is 0. The van der Waals surface area contributed by atoms with Crippen molar-refractivity contribution in [3.63, 3.8) is 0 Å². The van der Waals surface area contributed by atoms with Crippen molar-refractivity contribution in [1.82, 2.24) is 9.97 Å². The lowest BCUT2D eigenvalue weighted by Crippen LogP contribution is -1.93. The maximum atomic E-state index is 5.63. The number of rotatable bonds is 3. The lowest BCUT2D eigenvalue weighted by Gasteiger charge is -1.98. The molecular weight excluding hydrogens is 246 g/mol. The highest BCUT2D eigenvalue weighted by Crippen LogP contribution is 2.25. The lowest BCUT2D eigenvalue weighted by atomic mass is 10.3. The highest BCUT2D eigenvalue weighted by atomic mass is 32.2. The van der Waals surface area contributed by atoms with Crippen LogP contribution in [0.2, 0.25) is 0 Å². The van der Waals surface area contributed by atoms with E-state index in [4.69, 9.17) is 10.2 Å². The molecule has 3 rings (SSSR count). The first-order valence-electron chi connectivity index (χ1n) is 5.51. The molecule has 2 aromatic heterocycles. The molecule has 4 nitrogen and oxygen atoms in total. The van der Waals surface area contributed by atoms with Crippen molar-refractivity contribution in [1.29, 1.82) is 0 Å². The summed E-state index contributed by atoms with van der Waals surface area (Å²) in [5.74, 6) is 1.23. The number of oxazole rings is 1. The van der Waals surface area contributed by atoms with Gasteiger partial charge in [0.15, 0.2) is 5.58 Å². The van der Waals surface area contributed by atoms with Gasteiger partial charge in [-0.25, -0.2) is 9.97 Å². The molecule has 0 radical (unpaired) electrons. The zero-order valence-electron chi connectivity index (χ0n) is 9.54. The second-order valence-corrected chi connectivity index (χ2v) is 4.72. The number of anilines is 1. The summed E-state index contributed by atoms with van der Waals surface area (Å²) in [5.41, 5.74) is 8.23. The molecule has 90 valence electrons. The van der Waals surface area contributed by atoms with Gasteiger partial charge in [0.25, 0.3) is 5.22 Å². The van der Waals surface area contributed by atoms with E-state index in [9.17, 15) is 0 Å². The van der Waals surface area contributed by atoms with Gasteiger partial charge in [-0.2, -0.15) is 0 Å². The van der Waals surface area contributed by atoms with Crippen LogP contribution < -0.4 is 5.73 Å². The predicted octanol–water partition coefficient (Wildman–Crippen LogP) is 3.10. The van der Waals surface area contributed by atoms with Crippen molar-refractivity contribution < 1.29 is 4.42 Å². The predicted molar refractivity (Wildman–Crippen MR) is 72.2 cm³/mol. The van der Waals surface area contributed by atoms with Crippen LogP contribution in [-0.2, 0) is 5.75 Å². The molecule has 3 aromatic rings. The minimum atomic E-state index is 0.533. The zero-order chi connectivity index (χ0) is 12.4. The van der Waals surface area contributed by atoms with E-state index in [-0.39, 0.29) is 0 Å². The minimum Gasteiger partial charge on any atom is -0.431 e. The van der Waals surface area contributed by atoms with Crippen molar-refractivity contribution in [3.8, 4) is 0 Å². The summed E-state index contributed by atoms with van der Waals surface area (Å²) in [6.07, 6.45) is 0. The van der Waals surface area contributed by atoms with E-state index in [0.717, 1.165) is 16.8 Å². The molecule has 5 heteroatoms. The molecule has 0 aliphatic carbocycles. The van der Waals surface area contributed by atoms with Crippen molar-refractivity contribution in [2.45, 2.75) is 11.0 Å². The number of aromatic nitrogens is 2. The molecule has 0 saturated heterocycles. The van der Waals surface area contributed by atoms with E-state index in [0.29, 0.717) is 16.8 Å². The lowest BCUT2D eigenvalue weighted by molar-refractivity contribution is 0.489. The second-order valence-electron chi connectivity index (χ2n) is 3.79. The monoisotopic (exact) mass is 257 g/mol. The van der Waals surface area contributed by atoms with Gasteiger partial charge in [0, 0.05) is 5.75 Å². The molecule has 0 unspecified atom stereocenters. The SMILES string of the molecule is Nc1cccc(CSc2nc3ccccc3o2)n1. The van der Waals surface area contributed by atoms with E-state index in [1.165, 1.54) is 11.8 Å². The Hall–Kier alpha value is -2.01. The van der Waals surface area contributed by atoms with Gasteiger partial charge in [0.05, 0.1) is 5.69 Å². The number of hydrogen-bond donors (Lipinski definition) is 1. The van der Waals surface area contributed by atoms with Gasteiger partial charge in [-0.05, 0) is 24.3 Å². The second kappa shape index (κ2) is 4.70. The Kier molecular flexibility index (Phi) is 2.90. The van der Waals surface area contributed by atoms with Crippen LogP contribution in [0.15, 0.2) is 52.1 Å². The normalized spacial score (nSPS) is 10.9. The Morgan fingerprint density at radius 2 is 1.94 bits per heavy atom. The molecule has 0 aliphatic rings. The van der Waals surface area contributed by atoms with Crippen LogP contribution in [0.25, 0.3) is 11.1 Å². The molecule has 0 aliphatic heterocycles. The number of nitrogen functional groups attached to an aromatic ring is 1. The zero-order valence-corrected chi connectivity index (χ0v) is 10.4. The van der Waals surface area contributed by atoms with E-state index in [1.54, 1.807) is 6.07 Å².